The van der Waals surface area contributed by atoms with Gasteiger partial charge in [-0.15, -0.1) is 0 Å². The van der Waals surface area contributed by atoms with Crippen molar-refractivity contribution in [3.63, 3.8) is 0 Å². The SMILES string of the molecule is Cc1cccc(NC(=O)Cn2c(CNC(=O)C3CCCCC3)nc3ccccc32)c1. The highest BCUT2D eigenvalue weighted by atomic mass is 16.2. The second kappa shape index (κ2) is 9.11. The molecule has 0 unspecified atom stereocenters. The summed E-state index contributed by atoms with van der Waals surface area (Å²) in [7, 11) is 0. The first-order chi connectivity index (χ1) is 14.6. The zero-order valence-corrected chi connectivity index (χ0v) is 17.4. The molecule has 0 atom stereocenters. The van der Waals surface area contributed by atoms with Gasteiger partial charge in [0.25, 0.3) is 0 Å². The average Bonchev–Trinajstić information content (AvgIpc) is 3.10. The number of anilines is 1. The van der Waals surface area contributed by atoms with Crippen LogP contribution in [-0.2, 0) is 22.7 Å². The Morgan fingerprint density at radius 2 is 1.87 bits per heavy atom. The molecule has 2 aromatic carbocycles. The molecular formula is C24H28N4O2. The van der Waals surface area contributed by atoms with Crippen LogP contribution in [0.5, 0.6) is 0 Å². The summed E-state index contributed by atoms with van der Waals surface area (Å²) in [5.74, 6) is 0.766. The molecule has 2 amide bonds. The number of aromatic nitrogens is 2. The molecule has 1 aliphatic rings. The number of hydrogen-bond donors (Lipinski definition) is 2. The lowest BCUT2D eigenvalue weighted by Crippen LogP contribution is -2.32. The minimum Gasteiger partial charge on any atom is -0.349 e. The maximum Gasteiger partial charge on any atom is 0.244 e. The van der Waals surface area contributed by atoms with Gasteiger partial charge in [0, 0.05) is 11.6 Å². The van der Waals surface area contributed by atoms with E-state index in [1.165, 1.54) is 6.42 Å². The fourth-order valence-corrected chi connectivity index (χ4v) is 4.18. The van der Waals surface area contributed by atoms with Gasteiger partial charge in [-0.2, -0.15) is 0 Å². The summed E-state index contributed by atoms with van der Waals surface area (Å²) in [5, 5.41) is 6.00. The number of fused-ring (bicyclic) bond motifs is 1. The minimum absolute atomic E-state index is 0.0949. The van der Waals surface area contributed by atoms with Crippen LogP contribution in [0.2, 0.25) is 0 Å². The first kappa shape index (κ1) is 20.1. The van der Waals surface area contributed by atoms with E-state index in [9.17, 15) is 9.59 Å². The van der Waals surface area contributed by atoms with Gasteiger partial charge in [0.1, 0.15) is 12.4 Å². The van der Waals surface area contributed by atoms with E-state index in [1.807, 2.05) is 60.0 Å². The number of nitrogens with zero attached hydrogens (tertiary/aromatic N) is 2. The summed E-state index contributed by atoms with van der Waals surface area (Å²) in [6.07, 6.45) is 5.38. The van der Waals surface area contributed by atoms with Crippen LogP contribution < -0.4 is 10.6 Å². The maximum atomic E-state index is 12.7. The van der Waals surface area contributed by atoms with Gasteiger partial charge in [-0.1, -0.05) is 43.5 Å². The third-order valence-corrected chi connectivity index (χ3v) is 5.73. The van der Waals surface area contributed by atoms with Crippen molar-refractivity contribution >= 4 is 28.5 Å². The Hall–Kier alpha value is -3.15. The highest BCUT2D eigenvalue weighted by molar-refractivity contribution is 5.91. The predicted octanol–water partition coefficient (Wildman–Crippen LogP) is 4.18. The number of carbonyl (C=O) groups is 2. The van der Waals surface area contributed by atoms with E-state index in [0.717, 1.165) is 48.0 Å². The van der Waals surface area contributed by atoms with E-state index in [2.05, 4.69) is 15.6 Å². The van der Waals surface area contributed by atoms with Crippen LogP contribution in [0.25, 0.3) is 11.0 Å². The molecule has 1 heterocycles. The molecule has 1 aromatic heterocycles. The number of nitrogens with one attached hydrogen (secondary N) is 2. The Kier molecular flexibility index (Phi) is 6.12. The molecule has 1 aliphatic carbocycles. The molecule has 3 aromatic rings. The van der Waals surface area contributed by atoms with Crippen molar-refractivity contribution in [2.45, 2.75) is 52.1 Å². The van der Waals surface area contributed by atoms with Crippen LogP contribution in [0.4, 0.5) is 5.69 Å². The second-order valence-corrected chi connectivity index (χ2v) is 8.07. The smallest absolute Gasteiger partial charge is 0.244 e. The van der Waals surface area contributed by atoms with Crippen molar-refractivity contribution < 1.29 is 9.59 Å². The van der Waals surface area contributed by atoms with Crippen molar-refractivity contribution in [1.82, 2.24) is 14.9 Å². The van der Waals surface area contributed by atoms with Crippen LogP contribution in [0.3, 0.4) is 0 Å². The number of benzene rings is 2. The third kappa shape index (κ3) is 4.70. The van der Waals surface area contributed by atoms with Gasteiger partial charge in [0.05, 0.1) is 17.6 Å². The molecule has 0 saturated heterocycles. The van der Waals surface area contributed by atoms with Gasteiger partial charge >= 0.3 is 0 Å². The summed E-state index contributed by atoms with van der Waals surface area (Å²) in [5.41, 5.74) is 3.57. The molecular weight excluding hydrogens is 376 g/mol. The van der Waals surface area contributed by atoms with Gasteiger partial charge in [0.15, 0.2) is 0 Å². The van der Waals surface area contributed by atoms with Crippen molar-refractivity contribution in [2.75, 3.05) is 5.32 Å². The molecule has 0 radical (unpaired) electrons. The maximum absolute atomic E-state index is 12.7. The van der Waals surface area contributed by atoms with Gasteiger partial charge in [0.2, 0.25) is 11.8 Å². The summed E-state index contributed by atoms with van der Waals surface area (Å²) in [6, 6.07) is 15.5. The highest BCUT2D eigenvalue weighted by Gasteiger charge is 2.22. The van der Waals surface area contributed by atoms with Crippen LogP contribution in [0, 0.1) is 12.8 Å². The molecule has 6 heteroatoms. The Balaban J connectivity index is 1.49. The molecule has 2 N–H and O–H groups in total. The number of amides is 2. The monoisotopic (exact) mass is 404 g/mol. The number of aryl methyl sites for hydroxylation is 1. The van der Waals surface area contributed by atoms with Crippen LogP contribution in [-0.4, -0.2) is 21.4 Å². The van der Waals surface area contributed by atoms with Crippen molar-refractivity contribution in [3.8, 4) is 0 Å². The molecule has 1 fully saturated rings. The lowest BCUT2D eigenvalue weighted by Gasteiger charge is -2.20. The summed E-state index contributed by atoms with van der Waals surface area (Å²) < 4.78 is 1.89. The zero-order valence-electron chi connectivity index (χ0n) is 17.4. The molecule has 4 rings (SSSR count). The molecule has 30 heavy (non-hydrogen) atoms. The second-order valence-electron chi connectivity index (χ2n) is 8.07. The molecule has 6 nitrogen and oxygen atoms in total. The summed E-state index contributed by atoms with van der Waals surface area (Å²) in [6.45, 7) is 2.46. The molecule has 0 aliphatic heterocycles. The van der Waals surface area contributed by atoms with Crippen LogP contribution >= 0.6 is 0 Å². The normalized spacial score (nSPS) is 14.6. The summed E-state index contributed by atoms with van der Waals surface area (Å²) in [4.78, 5) is 30.0. The van der Waals surface area contributed by atoms with Gasteiger partial charge in [-0.3, -0.25) is 9.59 Å². The first-order valence-electron chi connectivity index (χ1n) is 10.7. The quantitative estimate of drug-likeness (QED) is 0.647. The van der Waals surface area contributed by atoms with E-state index in [0.29, 0.717) is 12.4 Å². The lowest BCUT2D eigenvalue weighted by atomic mass is 9.89. The Bertz CT molecular complexity index is 1050. The molecule has 0 bridgehead atoms. The number of rotatable bonds is 6. The van der Waals surface area contributed by atoms with Gasteiger partial charge in [-0.25, -0.2) is 4.98 Å². The number of carbonyl (C=O) groups excluding carboxylic acids is 2. The topological polar surface area (TPSA) is 76.0 Å². The van der Waals surface area contributed by atoms with E-state index >= 15 is 0 Å². The van der Waals surface area contributed by atoms with E-state index in [4.69, 9.17) is 0 Å². The third-order valence-electron chi connectivity index (χ3n) is 5.73. The fraction of sp³-hybridized carbons (Fsp3) is 0.375. The largest absolute Gasteiger partial charge is 0.349 e. The summed E-state index contributed by atoms with van der Waals surface area (Å²) >= 11 is 0. The fourth-order valence-electron chi connectivity index (χ4n) is 4.18. The number of para-hydroxylation sites is 2. The number of imidazole rings is 1. The lowest BCUT2D eigenvalue weighted by molar-refractivity contribution is -0.126. The predicted molar refractivity (Wildman–Crippen MR) is 118 cm³/mol. The zero-order chi connectivity index (χ0) is 20.9. The molecule has 156 valence electrons. The van der Waals surface area contributed by atoms with Crippen LogP contribution in [0.1, 0.15) is 43.5 Å². The molecule has 0 spiro atoms. The Labute approximate surface area is 176 Å². The number of hydrogen-bond acceptors (Lipinski definition) is 3. The van der Waals surface area contributed by atoms with Crippen molar-refractivity contribution in [3.05, 3.63) is 59.9 Å². The van der Waals surface area contributed by atoms with Crippen molar-refractivity contribution in [1.29, 1.82) is 0 Å². The first-order valence-corrected chi connectivity index (χ1v) is 10.7. The standard InChI is InChI=1S/C24H28N4O2/c1-17-8-7-11-19(14-17)26-23(29)16-28-21-13-6-5-12-20(21)27-22(28)15-25-24(30)18-9-3-2-4-10-18/h5-8,11-14,18H,2-4,9-10,15-16H2,1H3,(H,25,30)(H,26,29). The van der Waals surface area contributed by atoms with Gasteiger partial charge < -0.3 is 15.2 Å². The van der Waals surface area contributed by atoms with E-state index in [1.54, 1.807) is 0 Å². The van der Waals surface area contributed by atoms with Gasteiger partial charge in [-0.05, 0) is 49.6 Å². The Morgan fingerprint density at radius 3 is 2.67 bits per heavy atom. The Morgan fingerprint density at radius 1 is 1.07 bits per heavy atom. The van der Waals surface area contributed by atoms with E-state index in [-0.39, 0.29) is 24.3 Å². The average molecular weight is 405 g/mol. The van der Waals surface area contributed by atoms with Crippen molar-refractivity contribution in [2.24, 2.45) is 5.92 Å². The van der Waals surface area contributed by atoms with E-state index < -0.39 is 0 Å². The van der Waals surface area contributed by atoms with Crippen LogP contribution in [0.15, 0.2) is 48.5 Å². The highest BCUT2D eigenvalue weighted by Crippen LogP contribution is 2.24. The molecule has 1 saturated carbocycles. The minimum atomic E-state index is -0.122.